The van der Waals surface area contributed by atoms with Crippen molar-refractivity contribution in [3.8, 4) is 0 Å². The molecule has 0 aromatic heterocycles. The summed E-state index contributed by atoms with van der Waals surface area (Å²) in [6.45, 7) is 11.7. The van der Waals surface area contributed by atoms with Gasteiger partial charge >= 0.3 is 0 Å². The van der Waals surface area contributed by atoms with Gasteiger partial charge in [0, 0.05) is 14.1 Å². The van der Waals surface area contributed by atoms with E-state index in [1.165, 1.54) is 14.9 Å². The highest BCUT2D eigenvalue weighted by molar-refractivity contribution is 9.10. The Kier molecular flexibility index (Phi) is 3.17. The van der Waals surface area contributed by atoms with Crippen molar-refractivity contribution >= 4 is 27.7 Å². The minimum absolute atomic E-state index is 0.340. The van der Waals surface area contributed by atoms with Crippen molar-refractivity contribution in [3.63, 3.8) is 0 Å². The summed E-state index contributed by atoms with van der Waals surface area (Å²) >= 11 is 5.67. The summed E-state index contributed by atoms with van der Waals surface area (Å²) < 4.78 is 1.58. The molecule has 88 valence electrons. The van der Waals surface area contributed by atoms with Gasteiger partial charge < -0.3 is 0 Å². The van der Waals surface area contributed by atoms with Crippen LogP contribution >= 0.6 is 27.7 Å². The van der Waals surface area contributed by atoms with Gasteiger partial charge in [-0.3, -0.25) is 0 Å². The smallest absolute Gasteiger partial charge is 0.0208 e. The summed E-state index contributed by atoms with van der Waals surface area (Å²) in [6, 6.07) is 4.45. The SMILES string of the molecule is Cc1c(Br)ccc2c1C(C)C(C)C(C)(C)S2. The summed E-state index contributed by atoms with van der Waals surface area (Å²) in [5.74, 6) is 1.35. The van der Waals surface area contributed by atoms with E-state index in [0.717, 1.165) is 0 Å². The Bertz CT molecular complexity index is 423. The highest BCUT2D eigenvalue weighted by atomic mass is 79.9. The van der Waals surface area contributed by atoms with E-state index in [9.17, 15) is 0 Å². The van der Waals surface area contributed by atoms with E-state index in [0.29, 0.717) is 16.6 Å². The Hall–Kier alpha value is 0.0500. The van der Waals surface area contributed by atoms with Crippen LogP contribution in [0.1, 0.15) is 44.7 Å². The number of hydrogen-bond acceptors (Lipinski definition) is 1. The summed E-state index contributed by atoms with van der Waals surface area (Å²) in [5.41, 5.74) is 2.96. The fraction of sp³-hybridized carbons (Fsp3) is 0.571. The molecule has 0 saturated heterocycles. The highest BCUT2D eigenvalue weighted by Crippen LogP contribution is 2.53. The van der Waals surface area contributed by atoms with Crippen LogP contribution in [0.4, 0.5) is 0 Å². The molecule has 1 heterocycles. The second kappa shape index (κ2) is 4.06. The van der Waals surface area contributed by atoms with Crippen LogP contribution in [0, 0.1) is 12.8 Å². The number of hydrogen-bond donors (Lipinski definition) is 0. The average Bonchev–Trinajstić information content (AvgIpc) is 2.20. The van der Waals surface area contributed by atoms with Gasteiger partial charge in [-0.05, 0) is 42.0 Å². The molecule has 1 aliphatic rings. The van der Waals surface area contributed by atoms with Gasteiger partial charge in [0.05, 0.1) is 0 Å². The van der Waals surface area contributed by atoms with Gasteiger partial charge in [-0.2, -0.15) is 0 Å². The number of thioether (sulfide) groups is 1. The van der Waals surface area contributed by atoms with Crippen LogP contribution in [-0.4, -0.2) is 4.75 Å². The first-order valence-corrected chi connectivity index (χ1v) is 7.43. The molecule has 1 aromatic rings. The molecule has 0 saturated carbocycles. The standard InChI is InChI=1S/C14H19BrS/c1-8-10(3)14(4,5)16-12-7-6-11(15)9(2)13(8)12/h6-8,10H,1-5H3. The van der Waals surface area contributed by atoms with E-state index in [1.54, 1.807) is 5.56 Å². The average molecular weight is 299 g/mol. The molecule has 2 rings (SSSR count). The Morgan fingerprint density at radius 1 is 1.25 bits per heavy atom. The molecule has 2 atom stereocenters. The van der Waals surface area contributed by atoms with E-state index in [1.807, 2.05) is 11.8 Å². The van der Waals surface area contributed by atoms with Crippen molar-refractivity contribution < 1.29 is 0 Å². The lowest BCUT2D eigenvalue weighted by molar-refractivity contribution is 0.383. The van der Waals surface area contributed by atoms with E-state index < -0.39 is 0 Å². The predicted molar refractivity (Wildman–Crippen MR) is 76.4 cm³/mol. The molecular weight excluding hydrogens is 280 g/mol. The fourth-order valence-electron chi connectivity index (χ4n) is 2.56. The monoisotopic (exact) mass is 298 g/mol. The number of fused-ring (bicyclic) bond motifs is 1. The molecule has 0 fully saturated rings. The van der Waals surface area contributed by atoms with Gasteiger partial charge in [0.1, 0.15) is 0 Å². The first-order valence-electron chi connectivity index (χ1n) is 5.82. The predicted octanol–water partition coefficient (Wildman–Crippen LogP) is 5.38. The van der Waals surface area contributed by atoms with E-state index in [-0.39, 0.29) is 0 Å². The summed E-state index contributed by atoms with van der Waals surface area (Å²) in [4.78, 5) is 1.47. The Labute approximate surface area is 111 Å². The number of benzene rings is 1. The van der Waals surface area contributed by atoms with Crippen molar-refractivity contribution in [1.82, 2.24) is 0 Å². The molecule has 0 aliphatic carbocycles. The van der Waals surface area contributed by atoms with Crippen LogP contribution in [0.15, 0.2) is 21.5 Å². The minimum Gasteiger partial charge on any atom is -0.119 e. The molecular formula is C14H19BrS. The minimum atomic E-state index is 0.340. The Balaban J connectivity index is 2.60. The Morgan fingerprint density at radius 2 is 1.88 bits per heavy atom. The molecule has 0 amide bonds. The van der Waals surface area contributed by atoms with Crippen molar-refractivity contribution in [2.24, 2.45) is 5.92 Å². The van der Waals surface area contributed by atoms with Crippen LogP contribution in [0.5, 0.6) is 0 Å². The van der Waals surface area contributed by atoms with Crippen molar-refractivity contribution in [2.45, 2.75) is 50.2 Å². The van der Waals surface area contributed by atoms with Crippen LogP contribution in [0.25, 0.3) is 0 Å². The van der Waals surface area contributed by atoms with Crippen molar-refractivity contribution in [1.29, 1.82) is 0 Å². The largest absolute Gasteiger partial charge is 0.119 e. The molecule has 0 spiro atoms. The third-order valence-electron chi connectivity index (χ3n) is 4.08. The lowest BCUT2D eigenvalue weighted by Crippen LogP contribution is -2.33. The first-order chi connectivity index (χ1) is 7.34. The first kappa shape index (κ1) is 12.5. The van der Waals surface area contributed by atoms with Crippen molar-refractivity contribution in [3.05, 3.63) is 27.7 Å². The van der Waals surface area contributed by atoms with Crippen LogP contribution in [0.2, 0.25) is 0 Å². The molecule has 0 nitrogen and oxygen atoms in total. The lowest BCUT2D eigenvalue weighted by atomic mass is 9.79. The Morgan fingerprint density at radius 3 is 2.50 bits per heavy atom. The molecule has 0 N–H and O–H groups in total. The quantitative estimate of drug-likeness (QED) is 0.619. The van der Waals surface area contributed by atoms with Gasteiger partial charge in [-0.1, -0.05) is 43.6 Å². The molecule has 0 radical (unpaired) electrons. The van der Waals surface area contributed by atoms with Gasteiger partial charge in [-0.25, -0.2) is 0 Å². The van der Waals surface area contributed by atoms with Crippen LogP contribution in [0.3, 0.4) is 0 Å². The van der Waals surface area contributed by atoms with Gasteiger partial charge in [0.25, 0.3) is 0 Å². The maximum absolute atomic E-state index is 3.64. The van der Waals surface area contributed by atoms with Crippen LogP contribution < -0.4 is 0 Å². The second-order valence-corrected chi connectivity index (χ2v) is 7.92. The molecule has 1 aromatic carbocycles. The maximum Gasteiger partial charge on any atom is 0.0208 e. The fourth-order valence-corrected chi connectivity index (χ4v) is 4.45. The molecule has 2 heteroatoms. The van der Waals surface area contributed by atoms with E-state index >= 15 is 0 Å². The normalized spacial score (nSPS) is 27.6. The lowest BCUT2D eigenvalue weighted by Gasteiger charge is -2.42. The van der Waals surface area contributed by atoms with E-state index in [4.69, 9.17) is 0 Å². The molecule has 1 aliphatic heterocycles. The zero-order chi connectivity index (χ0) is 12.1. The molecule has 2 unspecified atom stereocenters. The van der Waals surface area contributed by atoms with Gasteiger partial charge in [-0.15, -0.1) is 11.8 Å². The summed E-state index contributed by atoms with van der Waals surface area (Å²) in [6.07, 6.45) is 0. The third-order valence-corrected chi connectivity index (χ3v) is 6.42. The molecule has 16 heavy (non-hydrogen) atoms. The maximum atomic E-state index is 3.64. The third kappa shape index (κ3) is 1.84. The highest BCUT2D eigenvalue weighted by Gasteiger charge is 2.38. The van der Waals surface area contributed by atoms with Gasteiger partial charge in [0.15, 0.2) is 0 Å². The number of halogens is 1. The topological polar surface area (TPSA) is 0 Å². The van der Waals surface area contributed by atoms with Crippen molar-refractivity contribution in [2.75, 3.05) is 0 Å². The van der Waals surface area contributed by atoms with Gasteiger partial charge in [0.2, 0.25) is 0 Å². The molecule has 0 bridgehead atoms. The zero-order valence-corrected chi connectivity index (χ0v) is 13.0. The number of rotatable bonds is 0. The second-order valence-electron chi connectivity index (χ2n) is 5.37. The van der Waals surface area contributed by atoms with E-state index in [2.05, 4.69) is 62.7 Å². The summed E-state index contributed by atoms with van der Waals surface area (Å²) in [7, 11) is 0. The zero-order valence-electron chi connectivity index (χ0n) is 10.6. The summed E-state index contributed by atoms with van der Waals surface area (Å²) in [5, 5.41) is 0. The van der Waals surface area contributed by atoms with Crippen LogP contribution in [-0.2, 0) is 0 Å².